The van der Waals surface area contributed by atoms with Gasteiger partial charge in [-0.1, -0.05) is 256 Å². The predicted octanol–water partition coefficient (Wildman–Crippen LogP) is 19.7. The lowest BCUT2D eigenvalue weighted by Gasteiger charge is -2.18. The number of hydrogen-bond donors (Lipinski definition) is 0. The van der Waals surface area contributed by atoms with E-state index < -0.39 is 6.10 Å². The van der Waals surface area contributed by atoms with Crippen LogP contribution in [-0.4, -0.2) is 37.2 Å². The van der Waals surface area contributed by atoms with E-state index >= 15 is 0 Å². The molecular weight excluding hydrogens is 829 g/mol. The van der Waals surface area contributed by atoms with Crippen LogP contribution in [0.15, 0.2) is 36.5 Å². The molecule has 0 fully saturated rings. The van der Waals surface area contributed by atoms with Gasteiger partial charge < -0.3 is 14.2 Å². The van der Waals surface area contributed by atoms with Crippen molar-refractivity contribution >= 4 is 17.9 Å². The molecule has 0 amide bonds. The van der Waals surface area contributed by atoms with Gasteiger partial charge in [-0.05, 0) is 77.0 Å². The summed E-state index contributed by atoms with van der Waals surface area (Å²) in [4.78, 5) is 37.7. The molecule has 6 heteroatoms. The van der Waals surface area contributed by atoms with Crippen molar-refractivity contribution < 1.29 is 28.6 Å². The number of ether oxygens (including phenoxy) is 3. The zero-order valence-corrected chi connectivity index (χ0v) is 44.9. The van der Waals surface area contributed by atoms with Gasteiger partial charge >= 0.3 is 17.9 Å². The van der Waals surface area contributed by atoms with Gasteiger partial charge in [0.05, 0.1) is 0 Å². The first-order valence-electron chi connectivity index (χ1n) is 29.5. The molecule has 0 aliphatic heterocycles. The number of carbonyl (C=O) groups excluding carboxylic acids is 3. The molecule has 392 valence electrons. The largest absolute Gasteiger partial charge is 0.462 e. The van der Waals surface area contributed by atoms with Crippen LogP contribution in [0, 0.1) is 0 Å². The summed E-state index contributed by atoms with van der Waals surface area (Å²) < 4.78 is 16.7. The van der Waals surface area contributed by atoms with Gasteiger partial charge in [-0.15, -0.1) is 0 Å². The Morgan fingerprint density at radius 1 is 0.299 bits per heavy atom. The van der Waals surface area contributed by atoms with E-state index in [1.54, 1.807) is 0 Å². The summed E-state index contributed by atoms with van der Waals surface area (Å²) in [6, 6.07) is 0. The first-order valence-corrected chi connectivity index (χ1v) is 29.5. The lowest BCUT2D eigenvalue weighted by molar-refractivity contribution is -0.167. The second kappa shape index (κ2) is 56.2. The van der Waals surface area contributed by atoms with Crippen LogP contribution in [0.4, 0.5) is 0 Å². The van der Waals surface area contributed by atoms with Gasteiger partial charge in [0.15, 0.2) is 6.10 Å². The third-order valence-electron chi connectivity index (χ3n) is 13.1. The van der Waals surface area contributed by atoms with Crippen LogP contribution in [0.2, 0.25) is 0 Å². The highest BCUT2D eigenvalue weighted by Crippen LogP contribution is 2.17. The van der Waals surface area contributed by atoms with Gasteiger partial charge in [-0.2, -0.15) is 0 Å². The summed E-state index contributed by atoms with van der Waals surface area (Å²) in [7, 11) is 0. The Hall–Kier alpha value is -2.37. The molecule has 0 saturated carbocycles. The van der Waals surface area contributed by atoms with Crippen LogP contribution in [0.1, 0.15) is 316 Å². The predicted molar refractivity (Wildman–Crippen MR) is 289 cm³/mol. The molecule has 67 heavy (non-hydrogen) atoms. The molecule has 0 aliphatic rings. The standard InChI is InChI=1S/C61H112O6/c1-4-7-10-13-15-17-19-21-22-23-24-25-26-27-28-29-30-31-32-33-34-35-36-37-38-40-41-43-45-48-51-54-60(63)66-57-58(56-65-59(62)53-50-47-12-9-6-3)67-61(64)55-52-49-46-44-42-39-20-18-16-14-11-8-5-2/h18-21,23-24,58H,4-17,22,25-57H2,1-3H3/b20-18-,21-19-,24-23-. The monoisotopic (exact) mass is 941 g/mol. The van der Waals surface area contributed by atoms with Crippen molar-refractivity contribution in [3.8, 4) is 0 Å². The van der Waals surface area contributed by atoms with Crippen LogP contribution < -0.4 is 0 Å². The zero-order valence-electron chi connectivity index (χ0n) is 44.9. The molecule has 0 aromatic carbocycles. The van der Waals surface area contributed by atoms with Gasteiger partial charge in [0, 0.05) is 19.3 Å². The molecule has 0 rings (SSSR count). The van der Waals surface area contributed by atoms with E-state index in [9.17, 15) is 14.4 Å². The third kappa shape index (κ3) is 54.4. The van der Waals surface area contributed by atoms with Crippen molar-refractivity contribution in [3.63, 3.8) is 0 Å². The molecule has 0 aromatic rings. The summed E-state index contributed by atoms with van der Waals surface area (Å²) in [6.07, 6.45) is 67.8. The normalized spacial score (nSPS) is 12.2. The maximum absolute atomic E-state index is 12.7. The average Bonchev–Trinajstić information content (AvgIpc) is 3.33. The Morgan fingerprint density at radius 2 is 0.537 bits per heavy atom. The topological polar surface area (TPSA) is 78.9 Å². The average molecular weight is 942 g/mol. The van der Waals surface area contributed by atoms with Crippen molar-refractivity contribution in [1.82, 2.24) is 0 Å². The number of hydrogen-bond acceptors (Lipinski definition) is 6. The maximum Gasteiger partial charge on any atom is 0.306 e. The molecule has 0 aromatic heterocycles. The van der Waals surface area contributed by atoms with E-state index in [1.165, 1.54) is 199 Å². The number of rotatable bonds is 54. The van der Waals surface area contributed by atoms with E-state index in [0.717, 1.165) is 77.0 Å². The fraction of sp³-hybridized carbons (Fsp3) is 0.852. The van der Waals surface area contributed by atoms with Crippen molar-refractivity contribution in [1.29, 1.82) is 0 Å². The summed E-state index contributed by atoms with van der Waals surface area (Å²) >= 11 is 0. The van der Waals surface area contributed by atoms with E-state index in [1.807, 2.05) is 0 Å². The minimum Gasteiger partial charge on any atom is -0.462 e. The Morgan fingerprint density at radius 3 is 0.851 bits per heavy atom. The van der Waals surface area contributed by atoms with Crippen molar-refractivity contribution in [2.75, 3.05) is 13.2 Å². The van der Waals surface area contributed by atoms with Crippen molar-refractivity contribution in [3.05, 3.63) is 36.5 Å². The lowest BCUT2D eigenvalue weighted by atomic mass is 10.0. The van der Waals surface area contributed by atoms with E-state index in [-0.39, 0.29) is 31.1 Å². The van der Waals surface area contributed by atoms with Crippen LogP contribution in [0.3, 0.4) is 0 Å². The minimum absolute atomic E-state index is 0.0721. The molecule has 0 bridgehead atoms. The SMILES string of the molecule is CCCCCC/C=C\CCCCCCCC(=O)OC(COC(=O)CCCCCCC)COC(=O)CCCCCCCCCCCCCCCCCCCCC/C=C\C/C=C\CCCCCCC. The second-order valence-electron chi connectivity index (χ2n) is 19.9. The molecule has 6 nitrogen and oxygen atoms in total. The molecule has 0 aliphatic carbocycles. The molecule has 0 spiro atoms. The van der Waals surface area contributed by atoms with Crippen LogP contribution >= 0.6 is 0 Å². The molecule has 0 saturated heterocycles. The molecule has 1 unspecified atom stereocenters. The number of esters is 3. The Bertz CT molecular complexity index is 1130. The fourth-order valence-corrected chi connectivity index (χ4v) is 8.65. The third-order valence-corrected chi connectivity index (χ3v) is 13.1. The van der Waals surface area contributed by atoms with Gasteiger partial charge in [0.25, 0.3) is 0 Å². The highest BCUT2D eigenvalue weighted by molar-refractivity contribution is 5.71. The quantitative estimate of drug-likeness (QED) is 0.0262. The van der Waals surface area contributed by atoms with E-state index in [4.69, 9.17) is 14.2 Å². The summed E-state index contributed by atoms with van der Waals surface area (Å²) in [5.74, 6) is -0.882. The van der Waals surface area contributed by atoms with E-state index in [0.29, 0.717) is 19.3 Å². The Kier molecular flexibility index (Phi) is 54.2. The number of unbranched alkanes of at least 4 members (excludes halogenated alkanes) is 37. The molecule has 0 heterocycles. The van der Waals surface area contributed by atoms with Gasteiger partial charge in [-0.25, -0.2) is 0 Å². The second-order valence-corrected chi connectivity index (χ2v) is 19.9. The Labute approximate surface area is 416 Å². The highest BCUT2D eigenvalue weighted by Gasteiger charge is 2.19. The summed E-state index contributed by atoms with van der Waals surface area (Å²) in [6.45, 7) is 6.55. The Balaban J connectivity index is 3.90. The van der Waals surface area contributed by atoms with Crippen molar-refractivity contribution in [2.24, 2.45) is 0 Å². The fourth-order valence-electron chi connectivity index (χ4n) is 8.65. The highest BCUT2D eigenvalue weighted by atomic mass is 16.6. The maximum atomic E-state index is 12.7. The zero-order chi connectivity index (χ0) is 48.6. The van der Waals surface area contributed by atoms with Gasteiger partial charge in [0.2, 0.25) is 0 Å². The summed E-state index contributed by atoms with van der Waals surface area (Å²) in [5.41, 5.74) is 0. The lowest BCUT2D eigenvalue weighted by Crippen LogP contribution is -2.30. The minimum atomic E-state index is -0.769. The first kappa shape index (κ1) is 64.6. The number of carbonyl (C=O) groups is 3. The van der Waals surface area contributed by atoms with Crippen LogP contribution in [0.5, 0.6) is 0 Å². The van der Waals surface area contributed by atoms with Crippen LogP contribution in [0.25, 0.3) is 0 Å². The smallest absolute Gasteiger partial charge is 0.306 e. The molecular formula is C61H112O6. The van der Waals surface area contributed by atoms with Gasteiger partial charge in [-0.3, -0.25) is 14.4 Å². The molecule has 1 atom stereocenters. The number of allylic oxidation sites excluding steroid dienone is 6. The first-order chi connectivity index (χ1) is 33.0. The van der Waals surface area contributed by atoms with Crippen molar-refractivity contribution in [2.45, 2.75) is 322 Å². The molecule has 0 N–H and O–H groups in total. The van der Waals surface area contributed by atoms with Gasteiger partial charge in [0.1, 0.15) is 13.2 Å². The van der Waals surface area contributed by atoms with E-state index in [2.05, 4.69) is 57.2 Å². The van der Waals surface area contributed by atoms with Crippen LogP contribution in [-0.2, 0) is 28.6 Å². The molecule has 0 radical (unpaired) electrons. The summed E-state index contributed by atoms with van der Waals surface area (Å²) in [5, 5.41) is 0.